The quantitative estimate of drug-likeness (QED) is 0.353. The maximum absolute atomic E-state index is 12.8. The summed E-state index contributed by atoms with van der Waals surface area (Å²) in [6.07, 6.45) is 2.52. The van der Waals surface area contributed by atoms with Crippen molar-refractivity contribution in [2.24, 2.45) is 0 Å². The molecule has 0 saturated heterocycles. The summed E-state index contributed by atoms with van der Waals surface area (Å²) >= 11 is 1.37. The van der Waals surface area contributed by atoms with E-state index in [1.807, 2.05) is 54.6 Å². The summed E-state index contributed by atoms with van der Waals surface area (Å²) < 4.78 is 10.8. The number of hydrogen-bond donors (Lipinski definition) is 2. The molecule has 0 fully saturated rings. The Labute approximate surface area is 199 Å². The van der Waals surface area contributed by atoms with Crippen LogP contribution in [0.25, 0.3) is 33.0 Å². The van der Waals surface area contributed by atoms with E-state index in [1.165, 1.54) is 16.9 Å². The van der Waals surface area contributed by atoms with Crippen molar-refractivity contribution in [3.8, 4) is 33.5 Å². The molecule has 2 aromatic heterocycles. The second kappa shape index (κ2) is 8.31. The predicted molar refractivity (Wildman–Crippen MR) is 133 cm³/mol. The normalized spacial score (nSPS) is 12.4. The largest absolute Gasteiger partial charge is 0.497 e. The summed E-state index contributed by atoms with van der Waals surface area (Å²) in [5, 5.41) is 3.77. The molecule has 5 aromatic rings. The molecule has 0 radical (unpaired) electrons. The van der Waals surface area contributed by atoms with E-state index < -0.39 is 0 Å². The van der Waals surface area contributed by atoms with E-state index >= 15 is 0 Å². The number of aromatic amines is 1. The number of carbonyl (C=O) groups is 1. The first kappa shape index (κ1) is 20.4. The van der Waals surface area contributed by atoms with Crippen molar-refractivity contribution in [1.82, 2.24) is 15.0 Å². The number of anilines is 1. The molecular weight excluding hydrogens is 448 g/mol. The van der Waals surface area contributed by atoms with Crippen LogP contribution < -0.4 is 14.8 Å². The number of ether oxygens (including phenoxy) is 2. The van der Waals surface area contributed by atoms with Crippen molar-refractivity contribution in [3.05, 3.63) is 77.3 Å². The van der Waals surface area contributed by atoms with Crippen LogP contribution in [0.2, 0.25) is 0 Å². The molecule has 3 heterocycles. The first-order valence-corrected chi connectivity index (χ1v) is 11.7. The van der Waals surface area contributed by atoms with Crippen LogP contribution in [0.15, 0.2) is 66.9 Å². The molecule has 0 bridgehead atoms. The van der Waals surface area contributed by atoms with Gasteiger partial charge in [0.25, 0.3) is 5.91 Å². The first-order chi connectivity index (χ1) is 16.7. The molecule has 2 N–H and O–H groups in total. The van der Waals surface area contributed by atoms with Crippen LogP contribution in [0.3, 0.4) is 0 Å². The minimum absolute atomic E-state index is 0.183. The Balaban J connectivity index is 1.17. The fourth-order valence-electron chi connectivity index (χ4n) is 3.99. The monoisotopic (exact) mass is 468 g/mol. The number of aromatic nitrogens is 3. The van der Waals surface area contributed by atoms with Crippen molar-refractivity contribution < 1.29 is 14.3 Å². The highest BCUT2D eigenvalue weighted by Gasteiger charge is 2.16. The molecule has 0 spiro atoms. The fourth-order valence-corrected chi connectivity index (χ4v) is 4.80. The smallest absolute Gasteiger partial charge is 0.267 e. The third kappa shape index (κ3) is 3.78. The maximum atomic E-state index is 12.8. The molecule has 168 valence electrons. The van der Waals surface area contributed by atoms with Crippen LogP contribution in [0.5, 0.6) is 11.5 Å². The van der Waals surface area contributed by atoms with Crippen molar-refractivity contribution in [3.63, 3.8) is 0 Å². The number of H-pyrrole nitrogens is 1. The Morgan fingerprint density at radius 3 is 2.79 bits per heavy atom. The summed E-state index contributed by atoms with van der Waals surface area (Å²) in [6, 6.07) is 19.3. The molecule has 3 aromatic carbocycles. The minimum atomic E-state index is -0.183. The Morgan fingerprint density at radius 1 is 1.09 bits per heavy atom. The van der Waals surface area contributed by atoms with Crippen LogP contribution in [-0.4, -0.2) is 34.6 Å². The van der Waals surface area contributed by atoms with Crippen LogP contribution in [0.1, 0.15) is 15.2 Å². The molecule has 1 amide bonds. The van der Waals surface area contributed by atoms with Gasteiger partial charge in [0.05, 0.1) is 30.9 Å². The van der Waals surface area contributed by atoms with Gasteiger partial charge in [-0.1, -0.05) is 0 Å². The first-order valence-electron chi connectivity index (χ1n) is 10.8. The van der Waals surface area contributed by atoms with Crippen LogP contribution in [0, 0.1) is 0 Å². The topological polar surface area (TPSA) is 89.1 Å². The highest BCUT2D eigenvalue weighted by atomic mass is 32.1. The number of carbonyl (C=O) groups excluding carboxylic acids is 1. The lowest BCUT2D eigenvalue weighted by molar-refractivity contribution is 0.103. The number of rotatable bonds is 5. The number of imidazole rings is 1. The van der Waals surface area contributed by atoms with Gasteiger partial charge in [0.15, 0.2) is 0 Å². The zero-order valence-electron chi connectivity index (χ0n) is 18.3. The van der Waals surface area contributed by atoms with Crippen molar-refractivity contribution in [2.45, 2.75) is 6.42 Å². The summed E-state index contributed by atoms with van der Waals surface area (Å²) in [5.74, 6) is 2.28. The molecule has 7 nitrogen and oxygen atoms in total. The summed E-state index contributed by atoms with van der Waals surface area (Å²) in [4.78, 5) is 25.8. The lowest BCUT2D eigenvalue weighted by atomic mass is 10.1. The number of hydrogen-bond acceptors (Lipinski definition) is 6. The van der Waals surface area contributed by atoms with Gasteiger partial charge in [-0.3, -0.25) is 4.79 Å². The molecule has 8 heteroatoms. The van der Waals surface area contributed by atoms with Crippen molar-refractivity contribution >= 4 is 34.0 Å². The number of methoxy groups -OCH3 is 1. The standard InChI is InChI=1S/C26H20N4O3S/c1-32-19-7-8-20-21(13-19)30-24(29-20)15-2-5-18(6-3-15)28-25(31)23-14-27-26(34-23)17-4-9-22-16(12-17)10-11-33-22/h2-9,12-14H,10-11H2,1H3,(H,28,31)(H,29,30). The van der Waals surface area contributed by atoms with Gasteiger partial charge in [-0.05, 0) is 60.2 Å². The molecule has 0 atom stereocenters. The third-order valence-corrected chi connectivity index (χ3v) is 6.82. The van der Waals surface area contributed by atoms with Gasteiger partial charge in [-0.15, -0.1) is 11.3 Å². The van der Waals surface area contributed by atoms with Gasteiger partial charge in [-0.2, -0.15) is 0 Å². The second-order valence-electron chi connectivity index (χ2n) is 7.95. The molecule has 1 aliphatic rings. The number of thiazole rings is 1. The molecule has 0 saturated carbocycles. The van der Waals surface area contributed by atoms with Crippen LogP contribution in [0.4, 0.5) is 5.69 Å². The van der Waals surface area contributed by atoms with Crippen molar-refractivity contribution in [1.29, 1.82) is 0 Å². The van der Waals surface area contributed by atoms with E-state index in [9.17, 15) is 4.79 Å². The molecule has 0 aliphatic carbocycles. The van der Waals surface area contributed by atoms with Gasteiger partial charge >= 0.3 is 0 Å². The SMILES string of the molecule is COc1ccc2nc(-c3ccc(NC(=O)c4cnc(-c5ccc6c(c5)CCO6)s4)cc3)[nH]c2c1. The Kier molecular flexibility index (Phi) is 5.00. The van der Waals surface area contributed by atoms with Gasteiger partial charge in [-0.25, -0.2) is 9.97 Å². The number of nitrogens with one attached hydrogen (secondary N) is 2. The molecule has 6 rings (SSSR count). The van der Waals surface area contributed by atoms with E-state index in [4.69, 9.17) is 9.47 Å². The van der Waals surface area contributed by atoms with Crippen molar-refractivity contribution in [2.75, 3.05) is 19.0 Å². The third-order valence-electron chi connectivity index (χ3n) is 5.77. The Hall–Kier alpha value is -4.17. The summed E-state index contributed by atoms with van der Waals surface area (Å²) in [5.41, 5.74) is 5.59. The predicted octanol–water partition coefficient (Wildman–Crippen LogP) is 5.55. The maximum Gasteiger partial charge on any atom is 0.267 e. The number of amides is 1. The number of nitrogens with zero attached hydrogens (tertiary/aromatic N) is 2. The highest BCUT2D eigenvalue weighted by Crippen LogP contribution is 2.32. The molecule has 34 heavy (non-hydrogen) atoms. The van der Waals surface area contributed by atoms with Gasteiger partial charge in [0.1, 0.15) is 27.2 Å². The van der Waals surface area contributed by atoms with E-state index in [0.717, 1.165) is 50.9 Å². The Bertz CT molecular complexity index is 1520. The number of fused-ring (bicyclic) bond motifs is 2. The highest BCUT2D eigenvalue weighted by molar-refractivity contribution is 7.17. The molecular formula is C26H20N4O3S. The van der Waals surface area contributed by atoms with Crippen LogP contribution in [-0.2, 0) is 6.42 Å². The Morgan fingerprint density at radius 2 is 1.94 bits per heavy atom. The van der Waals surface area contributed by atoms with Crippen LogP contribution >= 0.6 is 11.3 Å². The van der Waals surface area contributed by atoms with Gasteiger partial charge in [0, 0.05) is 29.3 Å². The van der Waals surface area contributed by atoms with E-state index in [2.05, 4.69) is 26.3 Å². The zero-order chi connectivity index (χ0) is 23.1. The summed E-state index contributed by atoms with van der Waals surface area (Å²) in [7, 11) is 1.64. The van der Waals surface area contributed by atoms with E-state index in [0.29, 0.717) is 17.2 Å². The van der Waals surface area contributed by atoms with Gasteiger partial charge < -0.3 is 19.8 Å². The minimum Gasteiger partial charge on any atom is -0.497 e. The fraction of sp³-hybridized carbons (Fsp3) is 0.115. The lowest BCUT2D eigenvalue weighted by Crippen LogP contribution is -2.09. The summed E-state index contributed by atoms with van der Waals surface area (Å²) in [6.45, 7) is 0.716. The zero-order valence-corrected chi connectivity index (χ0v) is 19.1. The molecule has 1 aliphatic heterocycles. The average molecular weight is 469 g/mol. The van der Waals surface area contributed by atoms with Gasteiger partial charge in [0.2, 0.25) is 0 Å². The molecule has 0 unspecified atom stereocenters. The van der Waals surface area contributed by atoms with E-state index in [1.54, 1.807) is 13.3 Å². The second-order valence-corrected chi connectivity index (χ2v) is 8.98. The lowest BCUT2D eigenvalue weighted by Gasteiger charge is -2.04. The van der Waals surface area contributed by atoms with E-state index in [-0.39, 0.29) is 5.91 Å². The number of benzene rings is 3. The average Bonchev–Trinajstić information content (AvgIpc) is 3.62.